The van der Waals surface area contributed by atoms with Gasteiger partial charge in [-0.1, -0.05) is 0 Å². The first-order valence-corrected chi connectivity index (χ1v) is 5.39. The topological polar surface area (TPSA) is 70.5 Å². The van der Waals surface area contributed by atoms with Gasteiger partial charge in [-0.15, -0.1) is 0 Å². The number of hydrogen-bond acceptors (Lipinski definition) is 4. The van der Waals surface area contributed by atoms with Gasteiger partial charge in [-0.2, -0.15) is 0 Å². The second-order valence-electron chi connectivity index (χ2n) is 4.67. The van der Waals surface area contributed by atoms with Crippen molar-refractivity contribution in [2.45, 2.75) is 32.4 Å². The van der Waals surface area contributed by atoms with Crippen molar-refractivity contribution < 1.29 is 14.7 Å². The molecule has 0 saturated carbocycles. The van der Waals surface area contributed by atoms with Gasteiger partial charge in [-0.05, 0) is 32.9 Å². The minimum absolute atomic E-state index is 0.159. The van der Waals surface area contributed by atoms with Gasteiger partial charge in [-0.25, -0.2) is 0 Å². The van der Waals surface area contributed by atoms with E-state index in [1.54, 1.807) is 32.9 Å². The third kappa shape index (κ3) is 1.54. The first-order chi connectivity index (χ1) is 7.87. The van der Waals surface area contributed by atoms with Crippen molar-refractivity contribution >= 4 is 11.8 Å². The van der Waals surface area contributed by atoms with E-state index in [-0.39, 0.29) is 5.69 Å². The number of carbonyl (C=O) groups excluding carboxylic acids is 2. The Bertz CT molecular complexity index is 459. The summed E-state index contributed by atoms with van der Waals surface area (Å²) in [6, 6.07) is 3.18. The molecule has 90 valence electrons. The molecule has 0 fully saturated rings. The molecular weight excluding hydrogens is 220 g/mol. The van der Waals surface area contributed by atoms with Crippen LogP contribution in [0.25, 0.3) is 0 Å². The second kappa shape index (κ2) is 3.63. The summed E-state index contributed by atoms with van der Waals surface area (Å²) in [5, 5.41) is 9.69. The Morgan fingerprint density at radius 2 is 2.00 bits per heavy atom. The van der Waals surface area contributed by atoms with Crippen LogP contribution in [0.4, 0.5) is 0 Å². The predicted octanol–water partition coefficient (Wildman–Crippen LogP) is 0.837. The zero-order valence-corrected chi connectivity index (χ0v) is 9.97. The van der Waals surface area contributed by atoms with Crippen LogP contribution in [0.3, 0.4) is 0 Å². The van der Waals surface area contributed by atoms with Crippen molar-refractivity contribution in [3.8, 4) is 0 Å². The first-order valence-electron chi connectivity index (χ1n) is 5.39. The zero-order chi connectivity index (χ0) is 12.8. The lowest BCUT2D eigenvalue weighted by molar-refractivity contribution is 0.0102. The fourth-order valence-corrected chi connectivity index (χ4v) is 1.78. The van der Waals surface area contributed by atoms with Crippen molar-refractivity contribution in [1.29, 1.82) is 0 Å². The summed E-state index contributed by atoms with van der Waals surface area (Å²) in [5.41, 5.74) is -0.494. The number of amides is 2. The van der Waals surface area contributed by atoms with Crippen LogP contribution < -0.4 is 0 Å². The number of hydrogen-bond donors (Lipinski definition) is 1. The molecule has 5 heteroatoms. The van der Waals surface area contributed by atoms with E-state index in [1.165, 1.54) is 6.20 Å². The molecule has 0 spiro atoms. The summed E-state index contributed by atoms with van der Waals surface area (Å²) in [7, 11) is 0. The lowest BCUT2D eigenvalue weighted by atomic mass is 9.96. The van der Waals surface area contributed by atoms with Crippen LogP contribution >= 0.6 is 0 Å². The van der Waals surface area contributed by atoms with Gasteiger partial charge >= 0.3 is 0 Å². The van der Waals surface area contributed by atoms with Gasteiger partial charge in [0, 0.05) is 6.20 Å². The number of fused-ring (bicyclic) bond motifs is 1. The van der Waals surface area contributed by atoms with Gasteiger partial charge in [-0.3, -0.25) is 19.5 Å². The Morgan fingerprint density at radius 1 is 1.35 bits per heavy atom. The number of nitrogens with zero attached hydrogens (tertiary/aromatic N) is 2. The summed E-state index contributed by atoms with van der Waals surface area (Å²) in [4.78, 5) is 29.2. The standard InChI is InChI=1S/C12H14N2O3/c1-7(15)12(2,3)14-10(16)8-5-4-6-13-9(8)11(14)17/h4-7,15H,1-3H3. The average molecular weight is 234 g/mol. The molecule has 1 unspecified atom stereocenters. The van der Waals surface area contributed by atoms with E-state index < -0.39 is 23.5 Å². The highest BCUT2D eigenvalue weighted by atomic mass is 16.3. The number of aliphatic hydroxyl groups is 1. The molecule has 2 amide bonds. The van der Waals surface area contributed by atoms with Crippen LogP contribution in [0.15, 0.2) is 18.3 Å². The number of aromatic nitrogens is 1. The van der Waals surface area contributed by atoms with Crippen molar-refractivity contribution in [3.05, 3.63) is 29.6 Å². The monoisotopic (exact) mass is 234 g/mol. The molecule has 0 bridgehead atoms. The van der Waals surface area contributed by atoms with Crippen LogP contribution in [0.5, 0.6) is 0 Å². The molecule has 0 saturated heterocycles. The third-order valence-corrected chi connectivity index (χ3v) is 3.25. The lowest BCUT2D eigenvalue weighted by Crippen LogP contribution is -2.54. The molecule has 1 N–H and O–H groups in total. The Hall–Kier alpha value is -1.75. The Kier molecular flexibility index (Phi) is 2.50. The van der Waals surface area contributed by atoms with Crippen LogP contribution in [-0.4, -0.2) is 38.4 Å². The van der Waals surface area contributed by atoms with Gasteiger partial charge in [0.2, 0.25) is 0 Å². The Labute approximate surface area is 99.1 Å². The van der Waals surface area contributed by atoms with E-state index in [2.05, 4.69) is 4.98 Å². The van der Waals surface area contributed by atoms with E-state index in [0.29, 0.717) is 5.56 Å². The molecular formula is C12H14N2O3. The Morgan fingerprint density at radius 3 is 2.53 bits per heavy atom. The Balaban J connectivity index is 2.50. The maximum absolute atomic E-state index is 12.1. The summed E-state index contributed by atoms with van der Waals surface area (Å²) in [6.07, 6.45) is 0.660. The van der Waals surface area contributed by atoms with Gasteiger partial charge < -0.3 is 5.11 Å². The fourth-order valence-electron chi connectivity index (χ4n) is 1.78. The smallest absolute Gasteiger partial charge is 0.280 e. The largest absolute Gasteiger partial charge is 0.391 e. The van der Waals surface area contributed by atoms with Crippen LogP contribution in [0.1, 0.15) is 41.6 Å². The number of pyridine rings is 1. The normalized spacial score (nSPS) is 17.3. The summed E-state index contributed by atoms with van der Waals surface area (Å²) in [6.45, 7) is 4.86. The van der Waals surface area contributed by atoms with E-state index in [9.17, 15) is 14.7 Å². The number of imide groups is 1. The van der Waals surface area contributed by atoms with Crippen molar-refractivity contribution in [1.82, 2.24) is 9.88 Å². The molecule has 0 radical (unpaired) electrons. The third-order valence-electron chi connectivity index (χ3n) is 3.25. The molecule has 1 aliphatic heterocycles. The molecule has 2 heterocycles. The minimum atomic E-state index is -0.950. The maximum atomic E-state index is 12.1. The summed E-state index contributed by atoms with van der Waals surface area (Å²) < 4.78 is 0. The van der Waals surface area contributed by atoms with E-state index >= 15 is 0 Å². The summed E-state index contributed by atoms with van der Waals surface area (Å²) >= 11 is 0. The quantitative estimate of drug-likeness (QED) is 0.770. The molecule has 1 aliphatic rings. The molecule has 17 heavy (non-hydrogen) atoms. The minimum Gasteiger partial charge on any atom is -0.391 e. The van der Waals surface area contributed by atoms with Gasteiger partial charge in [0.25, 0.3) is 11.8 Å². The van der Waals surface area contributed by atoms with Gasteiger partial charge in [0.1, 0.15) is 5.69 Å². The van der Waals surface area contributed by atoms with Crippen molar-refractivity contribution in [3.63, 3.8) is 0 Å². The highest BCUT2D eigenvalue weighted by Gasteiger charge is 2.46. The van der Waals surface area contributed by atoms with Crippen LogP contribution in [-0.2, 0) is 0 Å². The molecule has 1 atom stereocenters. The molecule has 0 aromatic carbocycles. The SMILES string of the molecule is CC(O)C(C)(C)N1C(=O)c2cccnc2C1=O. The fraction of sp³-hybridized carbons (Fsp3) is 0.417. The molecule has 0 aliphatic carbocycles. The van der Waals surface area contributed by atoms with E-state index in [4.69, 9.17) is 0 Å². The van der Waals surface area contributed by atoms with E-state index in [1.807, 2.05) is 0 Å². The molecule has 5 nitrogen and oxygen atoms in total. The van der Waals surface area contributed by atoms with Gasteiger partial charge in [0.15, 0.2) is 0 Å². The van der Waals surface area contributed by atoms with Crippen LogP contribution in [0, 0.1) is 0 Å². The average Bonchev–Trinajstić information content (AvgIpc) is 2.52. The highest BCUT2D eigenvalue weighted by molar-refractivity contribution is 6.20. The lowest BCUT2D eigenvalue weighted by Gasteiger charge is -2.36. The molecule has 2 rings (SSSR count). The van der Waals surface area contributed by atoms with Crippen LogP contribution in [0.2, 0.25) is 0 Å². The first kappa shape index (κ1) is 11.7. The number of aliphatic hydroxyl groups excluding tert-OH is 1. The van der Waals surface area contributed by atoms with Crippen molar-refractivity contribution in [2.75, 3.05) is 0 Å². The number of carbonyl (C=O) groups is 2. The number of rotatable bonds is 2. The zero-order valence-electron chi connectivity index (χ0n) is 9.97. The summed E-state index contributed by atoms with van der Waals surface area (Å²) in [5.74, 6) is -0.847. The second-order valence-corrected chi connectivity index (χ2v) is 4.67. The predicted molar refractivity (Wildman–Crippen MR) is 60.5 cm³/mol. The molecule has 1 aromatic rings. The van der Waals surface area contributed by atoms with E-state index in [0.717, 1.165) is 4.90 Å². The van der Waals surface area contributed by atoms with Crippen molar-refractivity contribution in [2.24, 2.45) is 0 Å². The maximum Gasteiger partial charge on any atom is 0.280 e. The highest BCUT2D eigenvalue weighted by Crippen LogP contribution is 2.29. The molecule has 1 aromatic heterocycles. The van der Waals surface area contributed by atoms with Gasteiger partial charge in [0.05, 0.1) is 17.2 Å².